The predicted octanol–water partition coefficient (Wildman–Crippen LogP) is 0.299. The third kappa shape index (κ3) is 4.15. The molecule has 0 saturated carbocycles. The van der Waals surface area contributed by atoms with Crippen LogP contribution < -0.4 is 0 Å². The van der Waals surface area contributed by atoms with Crippen molar-refractivity contribution in [2.45, 2.75) is 13.7 Å². The van der Waals surface area contributed by atoms with E-state index in [1.165, 1.54) is 0 Å². The Labute approximate surface area is 51.1 Å². The number of rotatable bonds is 4. The molecule has 0 aromatic rings. The number of hydrogen-bond donors (Lipinski definition) is 1. The Balaban J connectivity index is 2.86. The molecule has 8 heavy (non-hydrogen) atoms. The second-order valence-corrected chi connectivity index (χ2v) is 1.86. The molecule has 47 valence electrons. The summed E-state index contributed by atoms with van der Waals surface area (Å²) in [6, 6.07) is 0. The molecule has 1 radical (unpaired) electrons. The molecule has 0 aliphatic rings. The fraction of sp³-hybridized carbons (Fsp3) is 1.00. The summed E-state index contributed by atoms with van der Waals surface area (Å²) in [6.45, 7) is 4.58. The lowest BCUT2D eigenvalue weighted by Crippen LogP contribution is -2.10. The molecule has 0 aliphatic carbocycles. The van der Waals surface area contributed by atoms with Gasteiger partial charge in [0.1, 0.15) is 0 Å². The van der Waals surface area contributed by atoms with E-state index >= 15 is 0 Å². The summed E-state index contributed by atoms with van der Waals surface area (Å²) in [5.74, 6) is 0.256. The Morgan fingerprint density at radius 2 is 2.38 bits per heavy atom. The lowest BCUT2D eigenvalue weighted by molar-refractivity contribution is 0.179. The van der Waals surface area contributed by atoms with Crippen molar-refractivity contribution >= 4 is 7.48 Å². The molecule has 0 amide bonds. The van der Waals surface area contributed by atoms with Gasteiger partial charge in [-0.1, -0.05) is 13.7 Å². The summed E-state index contributed by atoms with van der Waals surface area (Å²) in [5.41, 5.74) is 0. The number of hydrogen-bond acceptors (Lipinski definition) is 2. The van der Waals surface area contributed by atoms with Gasteiger partial charge in [-0.2, -0.15) is 0 Å². The van der Waals surface area contributed by atoms with Gasteiger partial charge in [-0.15, -0.1) is 0 Å². The van der Waals surface area contributed by atoms with E-state index in [1.807, 2.05) is 13.7 Å². The molecule has 0 fully saturated rings. The quantitative estimate of drug-likeness (QED) is 0.534. The molecule has 0 rings (SSSR count). The van der Waals surface area contributed by atoms with Gasteiger partial charge in [0.25, 0.3) is 7.48 Å². The van der Waals surface area contributed by atoms with Crippen molar-refractivity contribution in [3.8, 4) is 0 Å². The van der Waals surface area contributed by atoms with Crippen molar-refractivity contribution in [2.75, 3.05) is 13.2 Å². The van der Waals surface area contributed by atoms with Crippen molar-refractivity contribution in [3.63, 3.8) is 0 Å². The van der Waals surface area contributed by atoms with Gasteiger partial charge in [0.05, 0.1) is 0 Å². The average Bonchev–Trinajstić information content (AvgIpc) is 1.83. The molecule has 0 saturated heterocycles. The molecular formula is C5H12BO2. The molecule has 0 spiro atoms. The number of aliphatic hydroxyl groups excluding tert-OH is 1. The summed E-state index contributed by atoms with van der Waals surface area (Å²) in [4.78, 5) is 0. The molecule has 0 aromatic carbocycles. The van der Waals surface area contributed by atoms with E-state index in [1.54, 1.807) is 7.48 Å². The van der Waals surface area contributed by atoms with Crippen LogP contribution in [-0.2, 0) is 4.65 Å². The van der Waals surface area contributed by atoms with Crippen molar-refractivity contribution < 1.29 is 9.76 Å². The van der Waals surface area contributed by atoms with Crippen LogP contribution in [0.4, 0.5) is 0 Å². The van der Waals surface area contributed by atoms with E-state index < -0.39 is 0 Å². The first-order chi connectivity index (χ1) is 3.81. The van der Waals surface area contributed by atoms with Gasteiger partial charge in [-0.25, -0.2) is 0 Å². The smallest absolute Gasteiger partial charge is 0.289 e. The minimum atomic E-state index is 0.202. The van der Waals surface area contributed by atoms with E-state index in [0.717, 1.165) is 0 Å². The van der Waals surface area contributed by atoms with Gasteiger partial charge in [-0.05, 0) is 0 Å². The van der Waals surface area contributed by atoms with E-state index in [4.69, 9.17) is 9.76 Å². The van der Waals surface area contributed by atoms with Gasteiger partial charge in [0.15, 0.2) is 0 Å². The standard InChI is InChI=1S/C5H12BO2/c1-5(3-7)4-8-6-2/h5,7H,3-4H2,1-2H3. The van der Waals surface area contributed by atoms with E-state index in [-0.39, 0.29) is 12.5 Å². The summed E-state index contributed by atoms with van der Waals surface area (Å²) in [6.07, 6.45) is 0. The molecule has 0 bridgehead atoms. The summed E-state index contributed by atoms with van der Waals surface area (Å²) in [7, 11) is 1.63. The second kappa shape index (κ2) is 5.13. The molecule has 0 heterocycles. The third-order valence-corrected chi connectivity index (χ3v) is 0.859. The highest BCUT2D eigenvalue weighted by molar-refractivity contribution is 6.24. The Kier molecular flexibility index (Phi) is 5.12. The Bertz CT molecular complexity index is 49.7. The van der Waals surface area contributed by atoms with E-state index in [9.17, 15) is 0 Å². The van der Waals surface area contributed by atoms with Crippen LogP contribution in [0.5, 0.6) is 0 Å². The maximum Gasteiger partial charge on any atom is 0.289 e. The van der Waals surface area contributed by atoms with E-state index in [0.29, 0.717) is 6.61 Å². The normalized spacial score (nSPS) is 13.4. The van der Waals surface area contributed by atoms with Crippen LogP contribution >= 0.6 is 0 Å². The Morgan fingerprint density at radius 1 is 1.75 bits per heavy atom. The highest BCUT2D eigenvalue weighted by Crippen LogP contribution is 1.90. The molecule has 3 heteroatoms. The Morgan fingerprint density at radius 3 is 2.75 bits per heavy atom. The molecule has 1 N–H and O–H groups in total. The van der Waals surface area contributed by atoms with Crippen molar-refractivity contribution in [3.05, 3.63) is 0 Å². The second-order valence-electron chi connectivity index (χ2n) is 1.86. The molecular weight excluding hydrogens is 103 g/mol. The number of aliphatic hydroxyl groups is 1. The molecule has 0 aromatic heterocycles. The summed E-state index contributed by atoms with van der Waals surface area (Å²) >= 11 is 0. The largest absolute Gasteiger partial charge is 0.440 e. The van der Waals surface area contributed by atoms with Crippen molar-refractivity contribution in [1.29, 1.82) is 0 Å². The van der Waals surface area contributed by atoms with Gasteiger partial charge in [0.2, 0.25) is 0 Å². The first-order valence-electron chi connectivity index (χ1n) is 2.81. The average molecular weight is 115 g/mol. The summed E-state index contributed by atoms with van der Waals surface area (Å²) < 4.78 is 4.90. The SMILES string of the molecule is C[B]OCC(C)CO. The maximum absolute atomic E-state index is 8.47. The predicted molar refractivity (Wildman–Crippen MR) is 33.8 cm³/mol. The van der Waals surface area contributed by atoms with Gasteiger partial charge >= 0.3 is 0 Å². The fourth-order valence-electron chi connectivity index (χ4n) is 0.313. The van der Waals surface area contributed by atoms with E-state index in [2.05, 4.69) is 0 Å². The van der Waals surface area contributed by atoms with Gasteiger partial charge in [0, 0.05) is 19.1 Å². The van der Waals surface area contributed by atoms with Crippen LogP contribution in [0.15, 0.2) is 0 Å². The van der Waals surface area contributed by atoms with Crippen LogP contribution in [0, 0.1) is 5.92 Å². The fourth-order valence-corrected chi connectivity index (χ4v) is 0.313. The van der Waals surface area contributed by atoms with Crippen LogP contribution in [0.25, 0.3) is 0 Å². The highest BCUT2D eigenvalue weighted by Gasteiger charge is 1.96. The lowest BCUT2D eigenvalue weighted by atomic mass is 10.1. The molecule has 2 nitrogen and oxygen atoms in total. The first kappa shape index (κ1) is 7.98. The van der Waals surface area contributed by atoms with Crippen molar-refractivity contribution in [1.82, 2.24) is 0 Å². The lowest BCUT2D eigenvalue weighted by Gasteiger charge is -2.05. The zero-order chi connectivity index (χ0) is 6.41. The Hall–Kier alpha value is -0.0151. The minimum Gasteiger partial charge on any atom is -0.440 e. The first-order valence-corrected chi connectivity index (χ1v) is 2.81. The zero-order valence-electron chi connectivity index (χ0n) is 5.42. The topological polar surface area (TPSA) is 29.5 Å². The van der Waals surface area contributed by atoms with Crippen LogP contribution in [-0.4, -0.2) is 25.8 Å². The third-order valence-electron chi connectivity index (χ3n) is 0.859. The van der Waals surface area contributed by atoms with Gasteiger partial charge < -0.3 is 9.76 Å². The molecule has 1 atom stereocenters. The maximum atomic E-state index is 8.47. The minimum absolute atomic E-state index is 0.202. The van der Waals surface area contributed by atoms with Crippen LogP contribution in [0.1, 0.15) is 6.92 Å². The zero-order valence-corrected chi connectivity index (χ0v) is 5.42. The van der Waals surface area contributed by atoms with Crippen molar-refractivity contribution in [2.24, 2.45) is 5.92 Å². The molecule has 1 unspecified atom stereocenters. The van der Waals surface area contributed by atoms with Crippen LogP contribution in [0.3, 0.4) is 0 Å². The monoisotopic (exact) mass is 115 g/mol. The van der Waals surface area contributed by atoms with Gasteiger partial charge in [-0.3, -0.25) is 0 Å². The summed E-state index contributed by atoms with van der Waals surface area (Å²) in [5, 5.41) is 8.47. The highest BCUT2D eigenvalue weighted by atomic mass is 16.4. The van der Waals surface area contributed by atoms with Crippen LogP contribution in [0.2, 0.25) is 6.82 Å². The molecule has 0 aliphatic heterocycles.